The number of hydrogen-bond donors (Lipinski definition) is 3. The molecular weight excluding hydrogens is 150 g/mol. The highest BCUT2D eigenvalue weighted by Gasteiger charge is 2.21. The lowest BCUT2D eigenvalue weighted by Crippen LogP contribution is -2.18. The SMILES string of the molecule is CC(=N)/C(=C(/C)N)C1CCNC1.[HH].[HH]. The first-order valence-corrected chi connectivity index (χ1v) is 4.35. The van der Waals surface area contributed by atoms with E-state index in [0.717, 1.165) is 30.8 Å². The standard InChI is InChI=1S/C9H17N3.2H2/c1-6(10)9(7(2)11)8-3-4-12-5-8;;/h8,10,12H,3-5,11H2,1-2H3;2*1H/b9-7+,10-6?;;. The molecule has 3 heteroatoms. The summed E-state index contributed by atoms with van der Waals surface area (Å²) in [6.45, 7) is 5.71. The number of rotatable bonds is 2. The third kappa shape index (κ3) is 1.85. The van der Waals surface area contributed by atoms with Crippen molar-refractivity contribution in [1.82, 2.24) is 5.32 Å². The zero-order chi connectivity index (χ0) is 9.14. The highest BCUT2D eigenvalue weighted by molar-refractivity contribution is 5.96. The molecule has 3 nitrogen and oxygen atoms in total. The van der Waals surface area contributed by atoms with Crippen molar-refractivity contribution < 1.29 is 2.85 Å². The fourth-order valence-corrected chi connectivity index (χ4v) is 1.82. The van der Waals surface area contributed by atoms with Crippen LogP contribution in [0, 0.1) is 11.3 Å². The van der Waals surface area contributed by atoms with Gasteiger partial charge in [0.1, 0.15) is 0 Å². The second kappa shape index (κ2) is 3.72. The molecule has 1 unspecified atom stereocenters. The second-order valence-electron chi connectivity index (χ2n) is 3.41. The van der Waals surface area contributed by atoms with Crippen LogP contribution in [0.3, 0.4) is 0 Å². The topological polar surface area (TPSA) is 61.9 Å². The Morgan fingerprint density at radius 2 is 2.25 bits per heavy atom. The van der Waals surface area contributed by atoms with Gasteiger partial charge in [-0.05, 0) is 32.4 Å². The molecule has 0 aromatic carbocycles. The first-order valence-electron chi connectivity index (χ1n) is 4.35. The number of allylic oxidation sites excluding steroid dienone is 1. The summed E-state index contributed by atoms with van der Waals surface area (Å²) in [7, 11) is 0. The molecule has 12 heavy (non-hydrogen) atoms. The van der Waals surface area contributed by atoms with Crippen molar-refractivity contribution in [2.75, 3.05) is 13.1 Å². The minimum absolute atomic E-state index is 0. The summed E-state index contributed by atoms with van der Waals surface area (Å²) >= 11 is 0. The molecule has 0 saturated carbocycles. The van der Waals surface area contributed by atoms with Crippen molar-refractivity contribution in [2.45, 2.75) is 20.3 Å². The summed E-state index contributed by atoms with van der Waals surface area (Å²) in [5, 5.41) is 10.9. The third-order valence-electron chi connectivity index (χ3n) is 2.30. The van der Waals surface area contributed by atoms with Crippen LogP contribution >= 0.6 is 0 Å². The molecular formula is C9H21N3. The summed E-state index contributed by atoms with van der Waals surface area (Å²) < 4.78 is 0. The predicted octanol–water partition coefficient (Wildman–Crippen LogP) is 1.36. The van der Waals surface area contributed by atoms with Gasteiger partial charge in [0.15, 0.2) is 0 Å². The lowest BCUT2D eigenvalue weighted by molar-refractivity contribution is 0.696. The summed E-state index contributed by atoms with van der Waals surface area (Å²) in [6.07, 6.45) is 1.11. The molecule has 1 heterocycles. The molecule has 0 radical (unpaired) electrons. The molecule has 4 N–H and O–H groups in total. The largest absolute Gasteiger partial charge is 0.402 e. The Kier molecular flexibility index (Phi) is 2.87. The average molecular weight is 171 g/mol. The van der Waals surface area contributed by atoms with E-state index in [2.05, 4.69) is 5.32 Å². The lowest BCUT2D eigenvalue weighted by atomic mass is 9.93. The highest BCUT2D eigenvalue weighted by Crippen LogP contribution is 2.20. The molecule has 0 aromatic rings. The summed E-state index contributed by atoms with van der Waals surface area (Å²) in [6, 6.07) is 0. The van der Waals surface area contributed by atoms with E-state index in [1.165, 1.54) is 0 Å². The van der Waals surface area contributed by atoms with Crippen molar-refractivity contribution in [1.29, 1.82) is 5.41 Å². The Bertz CT molecular complexity index is 216. The number of nitrogens with two attached hydrogens (primary N) is 1. The van der Waals surface area contributed by atoms with Crippen LogP contribution in [-0.4, -0.2) is 18.8 Å². The fraction of sp³-hybridized carbons (Fsp3) is 0.667. The fourth-order valence-electron chi connectivity index (χ4n) is 1.82. The smallest absolute Gasteiger partial charge is 0.0335 e. The van der Waals surface area contributed by atoms with Gasteiger partial charge >= 0.3 is 0 Å². The van der Waals surface area contributed by atoms with Crippen LogP contribution < -0.4 is 11.1 Å². The van der Waals surface area contributed by atoms with E-state index in [1.54, 1.807) is 0 Å². The van der Waals surface area contributed by atoms with E-state index in [-0.39, 0.29) is 2.85 Å². The van der Waals surface area contributed by atoms with Crippen molar-refractivity contribution in [3.63, 3.8) is 0 Å². The second-order valence-corrected chi connectivity index (χ2v) is 3.41. The van der Waals surface area contributed by atoms with E-state index in [9.17, 15) is 0 Å². The molecule has 1 aliphatic heterocycles. The maximum atomic E-state index is 7.58. The van der Waals surface area contributed by atoms with Gasteiger partial charge in [-0.25, -0.2) is 0 Å². The average Bonchev–Trinajstić information content (AvgIpc) is 2.37. The molecule has 0 bridgehead atoms. The molecule has 0 spiro atoms. The molecule has 1 rings (SSSR count). The minimum atomic E-state index is 0. The predicted molar refractivity (Wildman–Crippen MR) is 55.5 cm³/mol. The van der Waals surface area contributed by atoms with Crippen molar-refractivity contribution in [3.05, 3.63) is 11.3 Å². The van der Waals surface area contributed by atoms with Crippen LogP contribution in [0.4, 0.5) is 0 Å². The number of hydrogen-bond acceptors (Lipinski definition) is 3. The maximum absolute atomic E-state index is 7.58. The molecule has 1 fully saturated rings. The molecule has 1 atom stereocenters. The maximum Gasteiger partial charge on any atom is 0.0335 e. The van der Waals surface area contributed by atoms with E-state index in [0.29, 0.717) is 11.6 Å². The summed E-state index contributed by atoms with van der Waals surface area (Å²) in [4.78, 5) is 0. The molecule has 0 aromatic heterocycles. The first kappa shape index (κ1) is 9.26. The van der Waals surface area contributed by atoms with E-state index < -0.39 is 0 Å². The Balaban J connectivity index is 0. The van der Waals surface area contributed by atoms with Gasteiger partial charge in [-0.3, -0.25) is 0 Å². The normalized spacial score (nSPS) is 25.3. The van der Waals surface area contributed by atoms with Gasteiger partial charge in [0.05, 0.1) is 0 Å². The van der Waals surface area contributed by atoms with Gasteiger partial charge in [-0.1, -0.05) is 0 Å². The van der Waals surface area contributed by atoms with Crippen LogP contribution in [-0.2, 0) is 0 Å². The molecule has 1 saturated heterocycles. The lowest BCUT2D eigenvalue weighted by Gasteiger charge is -2.14. The van der Waals surface area contributed by atoms with Crippen LogP contribution in [0.25, 0.3) is 0 Å². The van der Waals surface area contributed by atoms with Crippen molar-refractivity contribution in [3.8, 4) is 0 Å². The van der Waals surface area contributed by atoms with Crippen LogP contribution in [0.5, 0.6) is 0 Å². The van der Waals surface area contributed by atoms with Crippen LogP contribution in [0.2, 0.25) is 0 Å². The van der Waals surface area contributed by atoms with Gasteiger partial charge in [-0.15, -0.1) is 0 Å². The zero-order valence-electron chi connectivity index (χ0n) is 7.78. The van der Waals surface area contributed by atoms with Gasteiger partial charge < -0.3 is 16.5 Å². The molecule has 72 valence electrons. The molecule has 0 amide bonds. The van der Waals surface area contributed by atoms with Gasteiger partial charge in [-0.2, -0.15) is 0 Å². The summed E-state index contributed by atoms with van der Waals surface area (Å²) in [5.41, 5.74) is 8.19. The van der Waals surface area contributed by atoms with E-state index in [1.807, 2.05) is 13.8 Å². The van der Waals surface area contributed by atoms with Crippen molar-refractivity contribution >= 4 is 5.71 Å². The Hall–Kier alpha value is -0.830. The van der Waals surface area contributed by atoms with Gasteiger partial charge in [0, 0.05) is 26.7 Å². The van der Waals surface area contributed by atoms with Crippen LogP contribution in [0.1, 0.15) is 23.1 Å². The van der Waals surface area contributed by atoms with Gasteiger partial charge in [0.25, 0.3) is 0 Å². The Morgan fingerprint density at radius 1 is 1.58 bits per heavy atom. The zero-order valence-corrected chi connectivity index (χ0v) is 7.78. The Morgan fingerprint density at radius 3 is 2.58 bits per heavy atom. The van der Waals surface area contributed by atoms with Crippen LogP contribution in [0.15, 0.2) is 11.3 Å². The van der Waals surface area contributed by atoms with Gasteiger partial charge in [0.2, 0.25) is 0 Å². The third-order valence-corrected chi connectivity index (χ3v) is 2.30. The quantitative estimate of drug-likeness (QED) is 0.549. The van der Waals surface area contributed by atoms with E-state index in [4.69, 9.17) is 11.1 Å². The monoisotopic (exact) mass is 171 g/mol. The highest BCUT2D eigenvalue weighted by atomic mass is 14.9. The number of nitrogens with one attached hydrogen (secondary N) is 2. The summed E-state index contributed by atoms with van der Waals surface area (Å²) in [5.74, 6) is 0.465. The minimum Gasteiger partial charge on any atom is -0.402 e. The van der Waals surface area contributed by atoms with Crippen molar-refractivity contribution in [2.24, 2.45) is 11.7 Å². The molecule has 0 aliphatic carbocycles. The first-order chi connectivity index (χ1) is 5.63. The molecule has 1 aliphatic rings. The van der Waals surface area contributed by atoms with E-state index >= 15 is 0 Å². The Labute approximate surface area is 76.5 Å².